The van der Waals surface area contributed by atoms with Gasteiger partial charge in [0.2, 0.25) is 0 Å². The van der Waals surface area contributed by atoms with Crippen molar-refractivity contribution in [3.63, 3.8) is 0 Å². The Balaban J connectivity index is 3.32. The first-order valence-electron chi connectivity index (χ1n) is 4.17. The van der Waals surface area contributed by atoms with Gasteiger partial charge >= 0.3 is 5.97 Å². The van der Waals surface area contributed by atoms with Crippen molar-refractivity contribution >= 4 is 24.3 Å². The van der Waals surface area contributed by atoms with E-state index in [1.165, 1.54) is 6.07 Å². The van der Waals surface area contributed by atoms with Crippen molar-refractivity contribution in [3.8, 4) is 11.8 Å². The number of non-ortho nitro benzene ring substituents is 1. The van der Waals surface area contributed by atoms with Crippen molar-refractivity contribution < 1.29 is 14.8 Å². The summed E-state index contributed by atoms with van der Waals surface area (Å²) in [5.41, 5.74) is -0.121. The molecule has 16 heavy (non-hydrogen) atoms. The van der Waals surface area contributed by atoms with Crippen LogP contribution in [0.3, 0.4) is 0 Å². The maximum Gasteiger partial charge on any atom is 0.336 e. The molecule has 0 unspecified atom stereocenters. The normalized spacial score (nSPS) is 9.06. The Hall–Kier alpha value is -2.00. The SMILES string of the molecule is O=C(O)c1ccc([N+](=O)[O-])cc1C#CCS. The molecule has 82 valence electrons. The molecule has 0 aromatic heterocycles. The van der Waals surface area contributed by atoms with Gasteiger partial charge in [-0.2, -0.15) is 12.6 Å². The minimum absolute atomic E-state index is 0.0557. The second-order valence-electron chi connectivity index (χ2n) is 2.75. The first kappa shape index (κ1) is 12.1. The zero-order valence-corrected chi connectivity index (χ0v) is 8.90. The molecule has 0 fully saturated rings. The number of nitro benzene ring substituents is 1. The van der Waals surface area contributed by atoms with Gasteiger partial charge < -0.3 is 5.11 Å². The maximum absolute atomic E-state index is 10.8. The Kier molecular flexibility index (Phi) is 3.91. The van der Waals surface area contributed by atoms with Gasteiger partial charge in [-0.25, -0.2) is 4.79 Å². The fraction of sp³-hybridized carbons (Fsp3) is 0.100. The van der Waals surface area contributed by atoms with E-state index in [4.69, 9.17) is 5.11 Å². The first-order chi connectivity index (χ1) is 7.56. The molecular formula is C10H7NO4S. The third-order valence-corrected chi connectivity index (χ3v) is 1.90. The topological polar surface area (TPSA) is 80.4 Å². The van der Waals surface area contributed by atoms with E-state index >= 15 is 0 Å². The highest BCUT2D eigenvalue weighted by molar-refractivity contribution is 7.80. The van der Waals surface area contributed by atoms with Crippen molar-refractivity contribution in [3.05, 3.63) is 39.4 Å². The van der Waals surface area contributed by atoms with Crippen LogP contribution in [0.25, 0.3) is 0 Å². The van der Waals surface area contributed by atoms with Gasteiger partial charge in [0.25, 0.3) is 5.69 Å². The minimum atomic E-state index is -1.17. The lowest BCUT2D eigenvalue weighted by Gasteiger charge is -1.98. The van der Waals surface area contributed by atoms with Crippen molar-refractivity contribution in [2.24, 2.45) is 0 Å². The summed E-state index contributed by atoms with van der Waals surface area (Å²) in [6, 6.07) is 3.44. The number of rotatable bonds is 2. The number of carboxylic acids is 1. The third-order valence-electron chi connectivity index (χ3n) is 1.75. The Labute approximate surface area is 96.7 Å². The van der Waals surface area contributed by atoms with Gasteiger partial charge in [-0.3, -0.25) is 10.1 Å². The van der Waals surface area contributed by atoms with E-state index in [0.717, 1.165) is 12.1 Å². The smallest absolute Gasteiger partial charge is 0.336 e. The van der Waals surface area contributed by atoms with Crippen molar-refractivity contribution in [2.75, 3.05) is 5.75 Å². The van der Waals surface area contributed by atoms with Gasteiger partial charge in [0.1, 0.15) is 0 Å². The number of aromatic carboxylic acids is 1. The molecule has 1 N–H and O–H groups in total. The summed E-state index contributed by atoms with van der Waals surface area (Å²) >= 11 is 3.85. The fourth-order valence-electron chi connectivity index (χ4n) is 1.07. The third kappa shape index (κ3) is 2.74. The lowest BCUT2D eigenvalue weighted by Crippen LogP contribution is -2.01. The van der Waals surface area contributed by atoms with Gasteiger partial charge in [0, 0.05) is 17.7 Å². The highest BCUT2D eigenvalue weighted by Gasteiger charge is 2.13. The maximum atomic E-state index is 10.8. The van der Waals surface area contributed by atoms with Crippen LogP contribution in [0.4, 0.5) is 5.69 Å². The summed E-state index contributed by atoms with van der Waals surface area (Å²) in [6.45, 7) is 0. The first-order valence-corrected chi connectivity index (χ1v) is 4.81. The second kappa shape index (κ2) is 5.19. The lowest BCUT2D eigenvalue weighted by molar-refractivity contribution is -0.384. The van der Waals surface area contributed by atoms with Crippen LogP contribution in [0.15, 0.2) is 18.2 Å². The van der Waals surface area contributed by atoms with Crippen LogP contribution in [0.5, 0.6) is 0 Å². The van der Waals surface area contributed by atoms with Crippen LogP contribution in [0, 0.1) is 22.0 Å². The van der Waals surface area contributed by atoms with E-state index in [1.54, 1.807) is 0 Å². The Morgan fingerprint density at radius 1 is 1.56 bits per heavy atom. The van der Waals surface area contributed by atoms with E-state index in [0.29, 0.717) is 0 Å². The molecule has 1 rings (SSSR count). The lowest BCUT2D eigenvalue weighted by atomic mass is 10.1. The zero-order chi connectivity index (χ0) is 12.1. The number of nitrogens with zero attached hydrogens (tertiary/aromatic N) is 1. The average Bonchev–Trinajstić information content (AvgIpc) is 2.25. The van der Waals surface area contributed by atoms with Gasteiger partial charge in [0.15, 0.2) is 0 Å². The molecule has 6 heteroatoms. The Morgan fingerprint density at radius 2 is 2.25 bits per heavy atom. The summed E-state index contributed by atoms with van der Waals surface area (Å²) in [7, 11) is 0. The molecule has 5 nitrogen and oxygen atoms in total. The van der Waals surface area contributed by atoms with Crippen LogP contribution in [0.1, 0.15) is 15.9 Å². The predicted octanol–water partition coefficient (Wildman–Crippen LogP) is 1.57. The van der Waals surface area contributed by atoms with Crippen LogP contribution in [-0.4, -0.2) is 21.8 Å². The molecule has 0 heterocycles. The largest absolute Gasteiger partial charge is 0.478 e. The predicted molar refractivity (Wildman–Crippen MR) is 60.8 cm³/mol. The second-order valence-corrected chi connectivity index (χ2v) is 3.07. The quantitative estimate of drug-likeness (QED) is 0.354. The molecule has 0 spiro atoms. The molecule has 0 saturated heterocycles. The van der Waals surface area contributed by atoms with Crippen molar-refractivity contribution in [2.45, 2.75) is 0 Å². The van der Waals surface area contributed by atoms with Gasteiger partial charge in [0.05, 0.1) is 16.2 Å². The van der Waals surface area contributed by atoms with Crippen LogP contribution >= 0.6 is 12.6 Å². The monoisotopic (exact) mass is 237 g/mol. The highest BCUT2D eigenvalue weighted by Crippen LogP contribution is 2.17. The number of thiol groups is 1. The van der Waals surface area contributed by atoms with E-state index < -0.39 is 10.9 Å². The van der Waals surface area contributed by atoms with Crippen LogP contribution < -0.4 is 0 Å². The summed E-state index contributed by atoms with van der Waals surface area (Å²) in [6.07, 6.45) is 0. The number of hydrogen-bond donors (Lipinski definition) is 2. The molecular weight excluding hydrogens is 230 g/mol. The summed E-state index contributed by atoms with van der Waals surface area (Å²) in [5.74, 6) is 4.17. The Bertz CT molecular complexity index is 501. The Morgan fingerprint density at radius 3 is 2.75 bits per heavy atom. The molecule has 0 radical (unpaired) electrons. The summed E-state index contributed by atoms with van der Waals surface area (Å²) in [4.78, 5) is 20.7. The molecule has 0 bridgehead atoms. The van der Waals surface area contributed by atoms with Crippen molar-refractivity contribution in [1.82, 2.24) is 0 Å². The number of nitro groups is 1. The zero-order valence-electron chi connectivity index (χ0n) is 8.01. The minimum Gasteiger partial charge on any atom is -0.478 e. The van der Waals surface area contributed by atoms with Gasteiger partial charge in [-0.1, -0.05) is 11.8 Å². The number of carbonyl (C=O) groups is 1. The number of benzene rings is 1. The fourth-order valence-corrected chi connectivity index (χ4v) is 1.15. The standard InChI is InChI=1S/C10H7NO4S/c12-10(13)9-4-3-8(11(14)15)6-7(9)2-1-5-16/h3-4,6,16H,5H2,(H,12,13). The van der Waals surface area contributed by atoms with Crippen LogP contribution in [0.2, 0.25) is 0 Å². The molecule has 1 aromatic carbocycles. The molecule has 0 aliphatic heterocycles. The van der Waals surface area contributed by atoms with Gasteiger partial charge in [-0.05, 0) is 6.07 Å². The van der Waals surface area contributed by atoms with Crippen LogP contribution in [-0.2, 0) is 0 Å². The number of hydrogen-bond acceptors (Lipinski definition) is 4. The molecule has 1 aromatic rings. The van der Waals surface area contributed by atoms with E-state index in [-0.39, 0.29) is 22.6 Å². The van der Waals surface area contributed by atoms with E-state index in [1.807, 2.05) is 0 Å². The highest BCUT2D eigenvalue weighted by atomic mass is 32.1. The van der Waals surface area contributed by atoms with Gasteiger partial charge in [-0.15, -0.1) is 0 Å². The molecule has 0 aliphatic carbocycles. The number of carboxylic acid groups (broad SMARTS) is 1. The average molecular weight is 237 g/mol. The van der Waals surface area contributed by atoms with Crippen molar-refractivity contribution in [1.29, 1.82) is 0 Å². The molecule has 0 amide bonds. The summed E-state index contributed by atoms with van der Waals surface area (Å²) < 4.78 is 0. The molecule has 0 aliphatic rings. The molecule has 0 saturated carbocycles. The molecule has 0 atom stereocenters. The summed E-state index contributed by atoms with van der Waals surface area (Å²) in [5, 5.41) is 19.3. The van der Waals surface area contributed by atoms with E-state index in [2.05, 4.69) is 24.5 Å². The van der Waals surface area contributed by atoms with E-state index in [9.17, 15) is 14.9 Å².